The van der Waals surface area contributed by atoms with E-state index in [4.69, 9.17) is 18.9 Å². The topological polar surface area (TPSA) is 112 Å². The summed E-state index contributed by atoms with van der Waals surface area (Å²) >= 11 is 0. The molecule has 1 aliphatic rings. The van der Waals surface area contributed by atoms with E-state index in [-0.39, 0.29) is 5.57 Å². The Morgan fingerprint density at radius 1 is 0.373 bits per heavy atom. The number of ether oxygens (including phenoxy) is 4. The largest absolute Gasteiger partial charge is 0.490 e. The molecule has 9 nitrogen and oxygen atoms in total. The Morgan fingerprint density at radius 2 is 0.693 bits per heavy atom. The fourth-order valence-electron chi connectivity index (χ4n) is 9.69. The SMILES string of the molecule is CCCCCCCCCCCCOc1cc(COc2ccc(-c3ccc(-c4ccc(C=C5C(=O)NC(=O)NC5=O)cc4)cc3)cc2)cc(OCCCCCCCCCCCC)c1OCCCCCCCCCCCC. The molecule has 0 aromatic heterocycles. The fraction of sp³-hybridized carbons (Fsp3) is 0.561. The second kappa shape index (κ2) is 37.2. The molecule has 0 saturated carbocycles. The highest BCUT2D eigenvalue weighted by molar-refractivity contribution is 6.31. The minimum atomic E-state index is -0.814. The third-order valence-corrected chi connectivity index (χ3v) is 14.3. The number of carbonyl (C=O) groups excluding carboxylic acids is 3. The normalized spacial score (nSPS) is 12.4. The molecule has 0 aliphatic carbocycles. The highest BCUT2D eigenvalue weighted by Crippen LogP contribution is 2.40. The van der Waals surface area contributed by atoms with Crippen LogP contribution < -0.4 is 29.6 Å². The van der Waals surface area contributed by atoms with Crippen molar-refractivity contribution in [3.05, 3.63) is 102 Å². The number of nitrogens with one attached hydrogen (secondary N) is 2. The number of unbranched alkanes of at least 4 members (excludes halogenated alkanes) is 27. The Bertz CT molecular complexity index is 2170. The highest BCUT2D eigenvalue weighted by Gasteiger charge is 2.27. The molecular weight excluding hydrogens is 933 g/mol. The van der Waals surface area contributed by atoms with Gasteiger partial charge in [-0.25, -0.2) is 4.79 Å². The van der Waals surface area contributed by atoms with Gasteiger partial charge in [0.25, 0.3) is 11.8 Å². The Balaban J connectivity index is 1.21. The van der Waals surface area contributed by atoms with Crippen LogP contribution >= 0.6 is 0 Å². The molecule has 4 aromatic rings. The van der Waals surface area contributed by atoms with E-state index in [0.29, 0.717) is 32.0 Å². The van der Waals surface area contributed by atoms with Crippen LogP contribution in [0.25, 0.3) is 28.3 Å². The van der Waals surface area contributed by atoms with E-state index in [0.717, 1.165) is 70.1 Å². The maximum absolute atomic E-state index is 12.2. The third kappa shape index (κ3) is 23.9. The lowest BCUT2D eigenvalue weighted by molar-refractivity contribution is -0.123. The van der Waals surface area contributed by atoms with E-state index in [2.05, 4.69) is 79.9 Å². The van der Waals surface area contributed by atoms with E-state index < -0.39 is 17.8 Å². The summed E-state index contributed by atoms with van der Waals surface area (Å²) in [4.78, 5) is 35.8. The van der Waals surface area contributed by atoms with Crippen LogP contribution in [0.5, 0.6) is 23.0 Å². The molecule has 1 heterocycles. The van der Waals surface area contributed by atoms with Gasteiger partial charge in [0.2, 0.25) is 5.75 Å². The van der Waals surface area contributed by atoms with Gasteiger partial charge < -0.3 is 18.9 Å². The Hall–Kier alpha value is -5.57. The molecule has 5 rings (SSSR count). The lowest BCUT2D eigenvalue weighted by Crippen LogP contribution is -2.51. The zero-order chi connectivity index (χ0) is 53.0. The summed E-state index contributed by atoms with van der Waals surface area (Å²) < 4.78 is 26.4. The van der Waals surface area contributed by atoms with Crippen LogP contribution in [0.15, 0.2) is 90.5 Å². The summed E-state index contributed by atoms with van der Waals surface area (Å²) in [6, 6.07) is 27.6. The van der Waals surface area contributed by atoms with Gasteiger partial charge in [-0.2, -0.15) is 0 Å². The van der Waals surface area contributed by atoms with E-state index in [1.165, 1.54) is 179 Å². The second-order valence-corrected chi connectivity index (χ2v) is 20.8. The molecule has 410 valence electrons. The van der Waals surface area contributed by atoms with Crippen molar-refractivity contribution in [2.75, 3.05) is 19.8 Å². The van der Waals surface area contributed by atoms with Crippen molar-refractivity contribution < 1.29 is 33.3 Å². The molecule has 4 amide bonds. The summed E-state index contributed by atoms with van der Waals surface area (Å²) in [6.45, 7) is 9.15. The Kier molecular flexibility index (Phi) is 29.9. The summed E-state index contributed by atoms with van der Waals surface area (Å²) in [6.07, 6.45) is 39.9. The van der Waals surface area contributed by atoms with Crippen LogP contribution in [-0.4, -0.2) is 37.7 Å². The number of urea groups is 1. The minimum absolute atomic E-state index is 0.111. The molecule has 2 N–H and O–H groups in total. The molecular formula is C66H94N2O7. The zero-order valence-electron chi connectivity index (χ0n) is 46.6. The monoisotopic (exact) mass is 1030 g/mol. The second-order valence-electron chi connectivity index (χ2n) is 20.8. The molecule has 1 saturated heterocycles. The number of hydrogen-bond acceptors (Lipinski definition) is 7. The van der Waals surface area contributed by atoms with Gasteiger partial charge in [-0.1, -0.05) is 255 Å². The van der Waals surface area contributed by atoms with Crippen molar-refractivity contribution in [2.24, 2.45) is 0 Å². The quantitative estimate of drug-likeness (QED) is 0.0258. The summed E-state index contributed by atoms with van der Waals surface area (Å²) in [5, 5.41) is 4.21. The van der Waals surface area contributed by atoms with Gasteiger partial charge in [-0.05, 0) is 83.0 Å². The summed E-state index contributed by atoms with van der Waals surface area (Å²) in [5.41, 5.74) is 5.74. The number of carbonyl (C=O) groups is 3. The van der Waals surface area contributed by atoms with E-state index in [1.807, 2.05) is 36.4 Å². The molecule has 1 fully saturated rings. The van der Waals surface area contributed by atoms with Gasteiger partial charge in [0.05, 0.1) is 19.8 Å². The van der Waals surface area contributed by atoms with Crippen LogP contribution in [-0.2, 0) is 16.2 Å². The molecule has 1 aliphatic heterocycles. The number of amides is 4. The maximum atomic E-state index is 12.2. The Morgan fingerprint density at radius 3 is 1.07 bits per heavy atom. The lowest BCUT2D eigenvalue weighted by Gasteiger charge is -2.19. The van der Waals surface area contributed by atoms with Crippen molar-refractivity contribution >= 4 is 23.9 Å². The van der Waals surface area contributed by atoms with E-state index in [1.54, 1.807) is 0 Å². The summed E-state index contributed by atoms with van der Waals surface area (Å²) in [7, 11) is 0. The van der Waals surface area contributed by atoms with Gasteiger partial charge in [-0.15, -0.1) is 0 Å². The average Bonchev–Trinajstić information content (AvgIpc) is 3.42. The van der Waals surface area contributed by atoms with Crippen molar-refractivity contribution in [2.45, 2.75) is 220 Å². The van der Waals surface area contributed by atoms with Gasteiger partial charge in [0, 0.05) is 0 Å². The van der Waals surface area contributed by atoms with Gasteiger partial charge in [0.1, 0.15) is 17.9 Å². The number of barbiturate groups is 1. The van der Waals surface area contributed by atoms with Crippen molar-refractivity contribution in [3.8, 4) is 45.3 Å². The fourth-order valence-corrected chi connectivity index (χ4v) is 9.69. The van der Waals surface area contributed by atoms with Gasteiger partial charge in [0.15, 0.2) is 11.5 Å². The lowest BCUT2D eigenvalue weighted by atomic mass is 9.99. The predicted molar refractivity (Wildman–Crippen MR) is 310 cm³/mol. The maximum Gasteiger partial charge on any atom is 0.328 e. The van der Waals surface area contributed by atoms with Crippen molar-refractivity contribution in [1.82, 2.24) is 10.6 Å². The summed E-state index contributed by atoms with van der Waals surface area (Å²) in [5.74, 6) is 1.60. The molecule has 9 heteroatoms. The minimum Gasteiger partial charge on any atom is -0.490 e. The first-order valence-electron chi connectivity index (χ1n) is 29.8. The molecule has 75 heavy (non-hydrogen) atoms. The number of imide groups is 2. The van der Waals surface area contributed by atoms with Gasteiger partial charge >= 0.3 is 6.03 Å². The van der Waals surface area contributed by atoms with Gasteiger partial charge in [-0.3, -0.25) is 20.2 Å². The third-order valence-electron chi connectivity index (χ3n) is 14.3. The predicted octanol–water partition coefficient (Wildman–Crippen LogP) is 18.2. The van der Waals surface area contributed by atoms with Crippen LogP contribution in [0.1, 0.15) is 225 Å². The highest BCUT2D eigenvalue weighted by atomic mass is 16.5. The molecule has 0 spiro atoms. The van der Waals surface area contributed by atoms with E-state index >= 15 is 0 Å². The number of hydrogen-bond donors (Lipinski definition) is 2. The van der Waals surface area contributed by atoms with Crippen molar-refractivity contribution in [3.63, 3.8) is 0 Å². The van der Waals surface area contributed by atoms with Crippen LogP contribution in [0.2, 0.25) is 0 Å². The zero-order valence-corrected chi connectivity index (χ0v) is 46.6. The molecule has 4 aromatic carbocycles. The molecule has 0 unspecified atom stereocenters. The molecule has 0 bridgehead atoms. The first-order chi connectivity index (χ1) is 36.9. The average molecular weight is 1030 g/mol. The Labute approximate surface area is 452 Å². The number of benzene rings is 4. The van der Waals surface area contributed by atoms with E-state index in [9.17, 15) is 14.4 Å². The van der Waals surface area contributed by atoms with Crippen LogP contribution in [0, 0.1) is 0 Å². The standard InChI is InChI=1S/C66H94N2O7/c1-4-7-10-13-16-19-22-25-28-31-46-72-61-50-54(51-62(73-47-32-29-26-23-20-17-14-11-8-5-2)63(61)74-48-33-30-27-24-21-18-15-12-9-6-3)52-75-59-44-42-58(43-45-59)57-40-38-56(39-41-57)55-36-34-53(35-37-55)49-60-64(69)67-66(71)68-65(60)70/h34-45,49-51H,4-33,46-48,52H2,1-3H3,(H2,67,68,69,70,71). The number of rotatable bonds is 42. The molecule has 0 radical (unpaired) electrons. The van der Waals surface area contributed by atoms with Crippen LogP contribution in [0.3, 0.4) is 0 Å². The first-order valence-corrected chi connectivity index (χ1v) is 29.8. The van der Waals surface area contributed by atoms with Crippen LogP contribution in [0.4, 0.5) is 4.79 Å². The smallest absolute Gasteiger partial charge is 0.328 e. The first kappa shape index (κ1) is 60.3. The molecule has 0 atom stereocenters. The van der Waals surface area contributed by atoms with Crippen molar-refractivity contribution in [1.29, 1.82) is 0 Å².